The second-order valence-corrected chi connectivity index (χ2v) is 3.99. The minimum atomic E-state index is -1.16. The SMILES string of the molecule is COc1ccc(OCC(=O)OC(C)C)c(C(=O)O)c1. The van der Waals surface area contributed by atoms with Crippen LogP contribution in [-0.4, -0.2) is 36.9 Å². The first-order valence-corrected chi connectivity index (χ1v) is 5.67. The zero-order chi connectivity index (χ0) is 14.4. The molecule has 0 spiro atoms. The number of benzene rings is 1. The maximum atomic E-state index is 11.3. The predicted molar refractivity (Wildman–Crippen MR) is 66.7 cm³/mol. The molecular formula is C13H16O6. The molecule has 0 radical (unpaired) electrons. The van der Waals surface area contributed by atoms with Gasteiger partial charge in [-0.25, -0.2) is 9.59 Å². The predicted octanol–water partition coefficient (Wildman–Crippen LogP) is 1.72. The van der Waals surface area contributed by atoms with Gasteiger partial charge < -0.3 is 19.3 Å². The number of esters is 1. The number of ether oxygens (including phenoxy) is 3. The monoisotopic (exact) mass is 268 g/mol. The van der Waals surface area contributed by atoms with Gasteiger partial charge in [0.15, 0.2) is 6.61 Å². The number of aromatic carboxylic acids is 1. The third kappa shape index (κ3) is 4.50. The Labute approximate surface area is 110 Å². The number of hydrogen-bond acceptors (Lipinski definition) is 5. The Bertz CT molecular complexity index is 466. The van der Waals surface area contributed by atoms with Gasteiger partial charge in [-0.05, 0) is 32.0 Å². The highest BCUT2D eigenvalue weighted by molar-refractivity contribution is 5.91. The number of carboxylic acids is 1. The van der Waals surface area contributed by atoms with Crippen molar-refractivity contribution >= 4 is 11.9 Å². The lowest BCUT2D eigenvalue weighted by Crippen LogP contribution is -2.19. The van der Waals surface area contributed by atoms with Crippen LogP contribution in [0.5, 0.6) is 11.5 Å². The van der Waals surface area contributed by atoms with E-state index in [2.05, 4.69) is 0 Å². The van der Waals surface area contributed by atoms with Crippen molar-refractivity contribution in [3.05, 3.63) is 23.8 Å². The van der Waals surface area contributed by atoms with E-state index in [0.717, 1.165) is 0 Å². The molecular weight excluding hydrogens is 252 g/mol. The Morgan fingerprint density at radius 3 is 2.53 bits per heavy atom. The molecule has 0 bridgehead atoms. The van der Waals surface area contributed by atoms with E-state index >= 15 is 0 Å². The molecule has 104 valence electrons. The topological polar surface area (TPSA) is 82.1 Å². The summed E-state index contributed by atoms with van der Waals surface area (Å²) in [6.07, 6.45) is -0.245. The normalized spacial score (nSPS) is 10.1. The zero-order valence-electron chi connectivity index (χ0n) is 11.0. The molecule has 6 heteroatoms. The standard InChI is InChI=1S/C13H16O6/c1-8(2)19-12(14)7-18-11-5-4-9(17-3)6-10(11)13(15)16/h4-6,8H,7H2,1-3H3,(H,15,16). The van der Waals surface area contributed by atoms with E-state index in [4.69, 9.17) is 19.3 Å². The lowest BCUT2D eigenvalue weighted by atomic mass is 10.2. The minimum absolute atomic E-state index is 0.0725. The van der Waals surface area contributed by atoms with Crippen LogP contribution in [0.25, 0.3) is 0 Å². The van der Waals surface area contributed by atoms with Crippen molar-refractivity contribution in [1.29, 1.82) is 0 Å². The Balaban J connectivity index is 2.77. The number of rotatable bonds is 6. The summed E-state index contributed by atoms with van der Waals surface area (Å²) in [7, 11) is 1.43. The summed E-state index contributed by atoms with van der Waals surface area (Å²) in [5.74, 6) is -1.23. The Morgan fingerprint density at radius 2 is 2.00 bits per heavy atom. The molecule has 1 N–H and O–H groups in total. The molecule has 0 amide bonds. The van der Waals surface area contributed by atoms with Crippen molar-refractivity contribution in [3.63, 3.8) is 0 Å². The third-order valence-corrected chi connectivity index (χ3v) is 2.13. The minimum Gasteiger partial charge on any atom is -0.497 e. The molecule has 0 saturated heterocycles. The average molecular weight is 268 g/mol. The first kappa shape index (κ1) is 14.8. The van der Waals surface area contributed by atoms with Crippen LogP contribution in [-0.2, 0) is 9.53 Å². The lowest BCUT2D eigenvalue weighted by molar-refractivity contribution is -0.149. The molecule has 0 atom stereocenters. The largest absolute Gasteiger partial charge is 0.497 e. The molecule has 0 unspecified atom stereocenters. The number of carbonyl (C=O) groups excluding carboxylic acids is 1. The highest BCUT2D eigenvalue weighted by Crippen LogP contribution is 2.24. The first-order valence-electron chi connectivity index (χ1n) is 5.67. The van der Waals surface area contributed by atoms with Crippen molar-refractivity contribution in [2.75, 3.05) is 13.7 Å². The van der Waals surface area contributed by atoms with E-state index in [1.165, 1.54) is 19.2 Å². The fourth-order valence-electron chi connectivity index (χ4n) is 1.36. The van der Waals surface area contributed by atoms with Crippen LogP contribution < -0.4 is 9.47 Å². The molecule has 0 saturated carbocycles. The highest BCUT2D eigenvalue weighted by Gasteiger charge is 2.15. The van der Waals surface area contributed by atoms with Gasteiger partial charge in [0.2, 0.25) is 0 Å². The Hall–Kier alpha value is -2.24. The number of methoxy groups -OCH3 is 1. The molecule has 0 heterocycles. The van der Waals surface area contributed by atoms with Crippen LogP contribution in [0.4, 0.5) is 0 Å². The van der Waals surface area contributed by atoms with E-state index in [0.29, 0.717) is 5.75 Å². The molecule has 0 fully saturated rings. The molecule has 0 aliphatic carbocycles. The smallest absolute Gasteiger partial charge is 0.344 e. The van der Waals surface area contributed by atoms with Crippen LogP contribution in [0.2, 0.25) is 0 Å². The number of carbonyl (C=O) groups is 2. The van der Waals surface area contributed by atoms with Gasteiger partial charge in [-0.15, -0.1) is 0 Å². The van der Waals surface area contributed by atoms with Crippen LogP contribution in [0.15, 0.2) is 18.2 Å². The highest BCUT2D eigenvalue weighted by atomic mass is 16.6. The Morgan fingerprint density at radius 1 is 1.32 bits per heavy atom. The first-order chi connectivity index (χ1) is 8.93. The van der Waals surface area contributed by atoms with Gasteiger partial charge in [-0.3, -0.25) is 0 Å². The van der Waals surface area contributed by atoms with E-state index in [1.807, 2.05) is 0 Å². The molecule has 0 aromatic heterocycles. The Kier molecular flexibility index (Phi) is 5.17. The zero-order valence-corrected chi connectivity index (χ0v) is 11.0. The van der Waals surface area contributed by atoms with Gasteiger partial charge in [0.05, 0.1) is 13.2 Å². The van der Waals surface area contributed by atoms with Crippen molar-refractivity contribution in [3.8, 4) is 11.5 Å². The van der Waals surface area contributed by atoms with Crippen LogP contribution in [0.1, 0.15) is 24.2 Å². The van der Waals surface area contributed by atoms with Crippen LogP contribution >= 0.6 is 0 Å². The summed E-state index contributed by atoms with van der Waals surface area (Å²) in [5, 5.41) is 9.04. The van der Waals surface area contributed by atoms with Gasteiger partial charge in [0.1, 0.15) is 17.1 Å². The number of hydrogen-bond donors (Lipinski definition) is 1. The van der Waals surface area contributed by atoms with E-state index < -0.39 is 11.9 Å². The fraction of sp³-hybridized carbons (Fsp3) is 0.385. The maximum absolute atomic E-state index is 11.3. The average Bonchev–Trinajstić information content (AvgIpc) is 2.35. The summed E-state index contributed by atoms with van der Waals surface area (Å²) in [4.78, 5) is 22.4. The van der Waals surface area contributed by atoms with Gasteiger partial charge >= 0.3 is 11.9 Å². The van der Waals surface area contributed by atoms with Crippen molar-refractivity contribution in [2.24, 2.45) is 0 Å². The van der Waals surface area contributed by atoms with Gasteiger partial charge in [-0.1, -0.05) is 0 Å². The van der Waals surface area contributed by atoms with E-state index in [9.17, 15) is 9.59 Å². The second-order valence-electron chi connectivity index (χ2n) is 3.99. The maximum Gasteiger partial charge on any atom is 0.344 e. The molecule has 19 heavy (non-hydrogen) atoms. The molecule has 1 aromatic rings. The molecule has 1 aromatic carbocycles. The van der Waals surface area contributed by atoms with Crippen molar-refractivity contribution in [2.45, 2.75) is 20.0 Å². The number of carboxylic acid groups (broad SMARTS) is 1. The van der Waals surface area contributed by atoms with Gasteiger partial charge in [-0.2, -0.15) is 0 Å². The summed E-state index contributed by atoms with van der Waals surface area (Å²) in [6.45, 7) is 3.09. The van der Waals surface area contributed by atoms with E-state index in [-0.39, 0.29) is 24.0 Å². The van der Waals surface area contributed by atoms with Gasteiger partial charge in [0, 0.05) is 0 Å². The van der Waals surface area contributed by atoms with Crippen molar-refractivity contribution < 1.29 is 28.9 Å². The quantitative estimate of drug-likeness (QED) is 0.791. The van der Waals surface area contributed by atoms with Crippen LogP contribution in [0, 0.1) is 0 Å². The molecule has 0 aliphatic rings. The fourth-order valence-corrected chi connectivity index (χ4v) is 1.36. The van der Waals surface area contributed by atoms with Gasteiger partial charge in [0.25, 0.3) is 0 Å². The third-order valence-electron chi connectivity index (χ3n) is 2.13. The molecule has 6 nitrogen and oxygen atoms in total. The van der Waals surface area contributed by atoms with E-state index in [1.54, 1.807) is 19.9 Å². The van der Waals surface area contributed by atoms with Crippen molar-refractivity contribution in [1.82, 2.24) is 0 Å². The second kappa shape index (κ2) is 6.63. The summed E-state index contributed by atoms with van der Waals surface area (Å²) in [5.41, 5.74) is -0.0725. The summed E-state index contributed by atoms with van der Waals surface area (Å²) in [6, 6.07) is 4.31. The summed E-state index contributed by atoms with van der Waals surface area (Å²) >= 11 is 0. The van der Waals surface area contributed by atoms with Crippen LogP contribution in [0.3, 0.4) is 0 Å². The molecule has 1 rings (SSSR count). The summed E-state index contributed by atoms with van der Waals surface area (Å²) < 4.78 is 15.0. The lowest BCUT2D eigenvalue weighted by Gasteiger charge is -2.11. The molecule has 0 aliphatic heterocycles.